The first-order valence-corrected chi connectivity index (χ1v) is 5.73. The van der Waals surface area contributed by atoms with Gasteiger partial charge in [0, 0.05) is 20.3 Å². The molecule has 0 aliphatic carbocycles. The standard InChI is InChI=1S/C6H18N2O3Si/c1-6(8)4-11-12(5-7,9-2)10-3/h6H,4-5,7-8H2,1-3H3. The summed E-state index contributed by atoms with van der Waals surface area (Å²) >= 11 is 0. The Kier molecular flexibility index (Phi) is 5.63. The molecule has 74 valence electrons. The highest BCUT2D eigenvalue weighted by molar-refractivity contribution is 6.60. The molecule has 6 heteroatoms. The molecule has 12 heavy (non-hydrogen) atoms. The van der Waals surface area contributed by atoms with Crippen molar-refractivity contribution in [1.29, 1.82) is 0 Å². The maximum Gasteiger partial charge on any atom is 0.514 e. The average molecular weight is 194 g/mol. The maximum atomic E-state index is 5.51. The van der Waals surface area contributed by atoms with E-state index < -0.39 is 8.80 Å². The van der Waals surface area contributed by atoms with Gasteiger partial charge in [0.2, 0.25) is 0 Å². The molecule has 1 atom stereocenters. The molecule has 0 radical (unpaired) electrons. The molecule has 0 aromatic carbocycles. The Balaban J connectivity index is 3.93. The van der Waals surface area contributed by atoms with Crippen LogP contribution in [0.15, 0.2) is 0 Å². The Morgan fingerprint density at radius 1 is 1.33 bits per heavy atom. The topological polar surface area (TPSA) is 79.7 Å². The van der Waals surface area contributed by atoms with Gasteiger partial charge in [-0.3, -0.25) is 0 Å². The fraction of sp³-hybridized carbons (Fsp3) is 1.00. The van der Waals surface area contributed by atoms with E-state index >= 15 is 0 Å². The predicted molar refractivity (Wildman–Crippen MR) is 48.4 cm³/mol. The first-order valence-electron chi connectivity index (χ1n) is 3.80. The third-order valence-corrected chi connectivity index (χ3v) is 3.79. The van der Waals surface area contributed by atoms with Crippen LogP contribution in [-0.4, -0.2) is 41.8 Å². The second-order valence-electron chi connectivity index (χ2n) is 2.58. The van der Waals surface area contributed by atoms with E-state index in [1.807, 2.05) is 6.92 Å². The molecule has 5 nitrogen and oxygen atoms in total. The average Bonchev–Trinajstić information content (AvgIpc) is 2.08. The van der Waals surface area contributed by atoms with E-state index in [-0.39, 0.29) is 12.2 Å². The Labute approximate surface area is 74.3 Å². The van der Waals surface area contributed by atoms with Gasteiger partial charge in [0.15, 0.2) is 0 Å². The van der Waals surface area contributed by atoms with E-state index in [0.29, 0.717) is 6.61 Å². The van der Waals surface area contributed by atoms with Gasteiger partial charge in [-0.05, 0) is 6.92 Å². The van der Waals surface area contributed by atoms with E-state index in [9.17, 15) is 0 Å². The summed E-state index contributed by atoms with van der Waals surface area (Å²) in [5, 5.41) is 0. The molecule has 4 N–H and O–H groups in total. The van der Waals surface area contributed by atoms with Crippen molar-refractivity contribution in [2.45, 2.75) is 13.0 Å². The normalized spacial score (nSPS) is 14.8. The zero-order valence-electron chi connectivity index (χ0n) is 7.87. The van der Waals surface area contributed by atoms with Crippen molar-refractivity contribution in [2.75, 3.05) is 27.0 Å². The molecule has 0 aliphatic rings. The minimum absolute atomic E-state index is 0.0336. The molecule has 0 heterocycles. The van der Waals surface area contributed by atoms with Gasteiger partial charge in [-0.1, -0.05) is 0 Å². The molecule has 0 saturated heterocycles. The third kappa shape index (κ3) is 3.61. The molecular weight excluding hydrogens is 176 g/mol. The zero-order valence-corrected chi connectivity index (χ0v) is 8.87. The summed E-state index contributed by atoms with van der Waals surface area (Å²) in [7, 11) is 0.481. The van der Waals surface area contributed by atoms with Crippen LogP contribution in [0.4, 0.5) is 0 Å². The maximum absolute atomic E-state index is 5.51. The lowest BCUT2D eigenvalue weighted by molar-refractivity contribution is 0.0953. The van der Waals surface area contributed by atoms with Gasteiger partial charge in [-0.15, -0.1) is 0 Å². The van der Waals surface area contributed by atoms with Crippen molar-refractivity contribution >= 4 is 8.80 Å². The number of rotatable bonds is 6. The van der Waals surface area contributed by atoms with E-state index in [4.69, 9.17) is 24.7 Å². The number of nitrogens with two attached hydrogens (primary N) is 2. The molecule has 1 unspecified atom stereocenters. The smallest absolute Gasteiger partial charge is 0.376 e. The summed E-state index contributed by atoms with van der Waals surface area (Å²) in [6.07, 6.45) is 0.271. The Morgan fingerprint density at radius 3 is 2.08 bits per heavy atom. The fourth-order valence-electron chi connectivity index (χ4n) is 0.685. The molecule has 0 aromatic rings. The SMILES string of the molecule is CO[Si](CN)(OC)OCC(C)N. The van der Waals surface area contributed by atoms with Crippen molar-refractivity contribution in [1.82, 2.24) is 0 Å². The lowest BCUT2D eigenvalue weighted by atomic mass is 10.4. The minimum atomic E-state index is -2.58. The Hall–Kier alpha value is 0.0169. The highest BCUT2D eigenvalue weighted by atomic mass is 28.4. The summed E-state index contributed by atoms with van der Waals surface area (Å²) in [5.74, 6) is 0. The first-order chi connectivity index (χ1) is 5.60. The van der Waals surface area contributed by atoms with Gasteiger partial charge in [0.25, 0.3) is 0 Å². The van der Waals surface area contributed by atoms with Gasteiger partial charge in [0.1, 0.15) is 0 Å². The van der Waals surface area contributed by atoms with Crippen molar-refractivity contribution in [3.05, 3.63) is 0 Å². The van der Waals surface area contributed by atoms with Crippen molar-refractivity contribution in [2.24, 2.45) is 11.5 Å². The second kappa shape index (κ2) is 5.63. The lowest BCUT2D eigenvalue weighted by Crippen LogP contribution is -2.52. The highest BCUT2D eigenvalue weighted by Gasteiger charge is 2.37. The summed E-state index contributed by atoms with van der Waals surface area (Å²) in [5.41, 5.74) is 11.0. The molecule has 0 spiro atoms. The number of hydrogen-bond acceptors (Lipinski definition) is 5. The minimum Gasteiger partial charge on any atom is -0.376 e. The summed E-state index contributed by atoms with van der Waals surface area (Å²) in [6.45, 7) is 2.26. The Morgan fingerprint density at radius 2 is 1.83 bits per heavy atom. The predicted octanol–water partition coefficient (Wildman–Crippen LogP) is -0.920. The van der Waals surface area contributed by atoms with Crippen molar-refractivity contribution in [3.8, 4) is 0 Å². The van der Waals surface area contributed by atoms with Crippen molar-refractivity contribution < 1.29 is 13.3 Å². The molecule has 0 amide bonds. The number of hydrogen-bond donors (Lipinski definition) is 2. The largest absolute Gasteiger partial charge is 0.514 e. The van der Waals surface area contributed by atoms with Crippen LogP contribution >= 0.6 is 0 Å². The van der Waals surface area contributed by atoms with Crippen LogP contribution in [0.5, 0.6) is 0 Å². The monoisotopic (exact) mass is 194 g/mol. The molecule has 0 aliphatic heterocycles. The zero-order chi connectivity index (χ0) is 9.61. The van der Waals surface area contributed by atoms with Gasteiger partial charge < -0.3 is 24.7 Å². The summed E-state index contributed by atoms with van der Waals surface area (Å²) < 4.78 is 15.6. The Bertz CT molecular complexity index is 111. The van der Waals surface area contributed by atoms with E-state index in [2.05, 4.69) is 0 Å². The van der Waals surface area contributed by atoms with Crippen LogP contribution in [0.2, 0.25) is 0 Å². The van der Waals surface area contributed by atoms with Crippen LogP contribution in [0.3, 0.4) is 0 Å². The van der Waals surface area contributed by atoms with Gasteiger partial charge in [-0.2, -0.15) is 0 Å². The quantitative estimate of drug-likeness (QED) is 0.535. The molecule has 0 fully saturated rings. The first kappa shape index (κ1) is 12.0. The lowest BCUT2D eigenvalue weighted by Gasteiger charge is -2.25. The van der Waals surface area contributed by atoms with Gasteiger partial charge in [-0.25, -0.2) is 0 Å². The highest BCUT2D eigenvalue weighted by Crippen LogP contribution is 2.04. The van der Waals surface area contributed by atoms with Gasteiger partial charge >= 0.3 is 8.80 Å². The van der Waals surface area contributed by atoms with Gasteiger partial charge in [0.05, 0.1) is 12.8 Å². The van der Waals surface area contributed by atoms with Crippen LogP contribution in [0, 0.1) is 0 Å². The summed E-state index contributed by atoms with van der Waals surface area (Å²) in [4.78, 5) is 0. The van der Waals surface area contributed by atoms with Crippen LogP contribution in [0.1, 0.15) is 6.92 Å². The molecule has 0 bridgehead atoms. The van der Waals surface area contributed by atoms with Crippen molar-refractivity contribution in [3.63, 3.8) is 0 Å². The van der Waals surface area contributed by atoms with Crippen LogP contribution < -0.4 is 11.5 Å². The van der Waals surface area contributed by atoms with E-state index in [1.165, 1.54) is 14.2 Å². The third-order valence-electron chi connectivity index (χ3n) is 1.44. The fourth-order valence-corrected chi connectivity index (χ4v) is 2.06. The molecule has 0 saturated carbocycles. The van der Waals surface area contributed by atoms with E-state index in [1.54, 1.807) is 0 Å². The molecular formula is C6H18N2O3Si. The second-order valence-corrected chi connectivity index (χ2v) is 5.46. The van der Waals surface area contributed by atoms with E-state index in [0.717, 1.165) is 0 Å². The summed E-state index contributed by atoms with van der Waals surface area (Å²) in [6, 6.07) is -0.0336. The molecule has 0 rings (SSSR count). The van der Waals surface area contributed by atoms with Crippen LogP contribution in [-0.2, 0) is 13.3 Å². The molecule has 0 aromatic heterocycles. The van der Waals surface area contributed by atoms with Crippen LogP contribution in [0.25, 0.3) is 0 Å².